The zero-order valence-corrected chi connectivity index (χ0v) is 13.2. The first-order chi connectivity index (χ1) is 9.88. The summed E-state index contributed by atoms with van der Waals surface area (Å²) in [6.45, 7) is 0. The van der Waals surface area contributed by atoms with E-state index in [-0.39, 0.29) is 16.3 Å². The lowest BCUT2D eigenvalue weighted by Gasteiger charge is -2.10. The summed E-state index contributed by atoms with van der Waals surface area (Å²) in [6, 6.07) is 8.80. The molecule has 2 aromatic rings. The molecular weight excluding hydrogens is 413 g/mol. The highest BCUT2D eigenvalue weighted by atomic mass is 127. The number of hydrogen-bond acceptors (Lipinski definition) is 4. The van der Waals surface area contributed by atoms with Crippen molar-refractivity contribution in [2.24, 2.45) is 0 Å². The van der Waals surface area contributed by atoms with Gasteiger partial charge in [0, 0.05) is 15.7 Å². The van der Waals surface area contributed by atoms with E-state index in [0.29, 0.717) is 5.75 Å². The van der Waals surface area contributed by atoms with Crippen LogP contribution in [-0.2, 0) is 0 Å². The van der Waals surface area contributed by atoms with Crippen LogP contribution >= 0.6 is 34.2 Å². The van der Waals surface area contributed by atoms with Crippen molar-refractivity contribution in [3.8, 4) is 11.5 Å². The van der Waals surface area contributed by atoms with Gasteiger partial charge < -0.3 is 9.84 Å². The minimum absolute atomic E-state index is 0.129. The van der Waals surface area contributed by atoms with Crippen LogP contribution < -0.4 is 4.74 Å². The Morgan fingerprint density at radius 3 is 2.43 bits per heavy atom. The maximum Gasteiger partial charge on any atom is 0.339 e. The van der Waals surface area contributed by atoms with Gasteiger partial charge >= 0.3 is 5.97 Å². The van der Waals surface area contributed by atoms with Crippen LogP contribution in [0.1, 0.15) is 10.4 Å². The summed E-state index contributed by atoms with van der Waals surface area (Å²) in [7, 11) is 0. The standard InChI is InChI=1S/C13H7ClINO5/c14-11-6-8(16(19)20)5-10(13(17)18)12(11)21-9-3-1-7(15)2-4-9/h1-6H,(H,17,18). The van der Waals surface area contributed by atoms with Crippen LogP contribution in [-0.4, -0.2) is 16.0 Å². The topological polar surface area (TPSA) is 89.7 Å². The third-order valence-corrected chi connectivity index (χ3v) is 3.50. The molecule has 21 heavy (non-hydrogen) atoms. The predicted octanol–water partition coefficient (Wildman–Crippen LogP) is 4.34. The first-order valence-electron chi connectivity index (χ1n) is 5.53. The van der Waals surface area contributed by atoms with Gasteiger partial charge in [-0.3, -0.25) is 10.1 Å². The van der Waals surface area contributed by atoms with E-state index >= 15 is 0 Å². The number of carboxylic acids is 1. The molecule has 0 saturated heterocycles. The molecule has 0 spiro atoms. The van der Waals surface area contributed by atoms with Gasteiger partial charge in [0.05, 0.1) is 9.95 Å². The maximum atomic E-state index is 11.2. The summed E-state index contributed by atoms with van der Waals surface area (Å²) in [4.78, 5) is 21.3. The lowest BCUT2D eigenvalue weighted by atomic mass is 10.1. The molecule has 0 radical (unpaired) electrons. The number of rotatable bonds is 4. The molecule has 0 atom stereocenters. The first-order valence-corrected chi connectivity index (χ1v) is 6.99. The zero-order chi connectivity index (χ0) is 15.6. The third kappa shape index (κ3) is 3.61. The predicted molar refractivity (Wildman–Crippen MR) is 84.3 cm³/mol. The van der Waals surface area contributed by atoms with E-state index in [4.69, 9.17) is 21.4 Å². The molecule has 0 unspecified atom stereocenters. The molecule has 1 N–H and O–H groups in total. The number of nitro groups is 1. The Hall–Kier alpha value is -1.87. The number of non-ortho nitro benzene ring substituents is 1. The van der Waals surface area contributed by atoms with Crippen molar-refractivity contribution in [1.82, 2.24) is 0 Å². The number of carboxylic acid groups (broad SMARTS) is 1. The molecule has 0 aliphatic heterocycles. The van der Waals surface area contributed by atoms with E-state index in [0.717, 1.165) is 15.7 Å². The van der Waals surface area contributed by atoms with Gasteiger partial charge in [0.1, 0.15) is 11.3 Å². The normalized spacial score (nSPS) is 10.2. The molecule has 108 valence electrons. The summed E-state index contributed by atoms with van der Waals surface area (Å²) < 4.78 is 6.43. The number of halogens is 2. The Morgan fingerprint density at radius 2 is 1.90 bits per heavy atom. The summed E-state index contributed by atoms with van der Waals surface area (Å²) in [5, 5.41) is 19.8. The fourth-order valence-electron chi connectivity index (χ4n) is 1.57. The van der Waals surface area contributed by atoms with Crippen LogP contribution in [0.3, 0.4) is 0 Å². The molecule has 6 nitrogen and oxygen atoms in total. The van der Waals surface area contributed by atoms with E-state index in [1.165, 1.54) is 0 Å². The minimum Gasteiger partial charge on any atom is -0.478 e. The van der Waals surface area contributed by atoms with E-state index in [1.54, 1.807) is 24.3 Å². The molecule has 2 aromatic carbocycles. The molecule has 8 heteroatoms. The van der Waals surface area contributed by atoms with Crippen LogP contribution in [0.5, 0.6) is 11.5 Å². The van der Waals surface area contributed by atoms with Gasteiger partial charge in [-0.1, -0.05) is 11.6 Å². The molecule has 0 aliphatic carbocycles. The molecule has 0 aromatic heterocycles. The monoisotopic (exact) mass is 419 g/mol. The lowest BCUT2D eigenvalue weighted by molar-refractivity contribution is -0.384. The van der Waals surface area contributed by atoms with Crippen LogP contribution in [0.15, 0.2) is 36.4 Å². The number of ether oxygens (including phenoxy) is 1. The second-order valence-electron chi connectivity index (χ2n) is 3.92. The van der Waals surface area contributed by atoms with E-state index in [1.807, 2.05) is 0 Å². The smallest absolute Gasteiger partial charge is 0.339 e. The quantitative estimate of drug-likeness (QED) is 0.452. The van der Waals surface area contributed by atoms with E-state index < -0.39 is 16.6 Å². The third-order valence-electron chi connectivity index (χ3n) is 2.50. The van der Waals surface area contributed by atoms with Gasteiger partial charge in [-0.05, 0) is 46.9 Å². The Bertz CT molecular complexity index is 717. The highest BCUT2D eigenvalue weighted by molar-refractivity contribution is 14.1. The first kappa shape index (κ1) is 15.5. The summed E-state index contributed by atoms with van der Waals surface area (Å²) in [6.07, 6.45) is 0. The Kier molecular flexibility index (Phi) is 4.63. The molecule has 0 bridgehead atoms. The average molecular weight is 420 g/mol. The molecule has 0 heterocycles. The van der Waals surface area contributed by atoms with Gasteiger partial charge in [-0.15, -0.1) is 0 Å². The highest BCUT2D eigenvalue weighted by Gasteiger charge is 2.21. The van der Waals surface area contributed by atoms with Crippen molar-refractivity contribution in [2.45, 2.75) is 0 Å². The Labute approximate surface area is 137 Å². The van der Waals surface area contributed by atoms with Crippen LogP contribution in [0.25, 0.3) is 0 Å². The number of hydrogen-bond donors (Lipinski definition) is 1. The van der Waals surface area contributed by atoms with Crippen molar-refractivity contribution in [1.29, 1.82) is 0 Å². The van der Waals surface area contributed by atoms with Gasteiger partial charge in [0.2, 0.25) is 0 Å². The molecule has 0 saturated carbocycles. The van der Waals surface area contributed by atoms with Crippen molar-refractivity contribution < 1.29 is 19.6 Å². The maximum absolute atomic E-state index is 11.2. The molecule has 0 fully saturated rings. The number of carbonyl (C=O) groups is 1. The van der Waals surface area contributed by atoms with E-state index in [9.17, 15) is 14.9 Å². The SMILES string of the molecule is O=C(O)c1cc([N+](=O)[O-])cc(Cl)c1Oc1ccc(I)cc1. The van der Waals surface area contributed by atoms with Gasteiger partial charge in [-0.25, -0.2) is 4.79 Å². The number of benzene rings is 2. The average Bonchev–Trinajstić information content (AvgIpc) is 2.42. The van der Waals surface area contributed by atoms with Crippen molar-refractivity contribution in [3.63, 3.8) is 0 Å². The second-order valence-corrected chi connectivity index (χ2v) is 5.58. The summed E-state index contributed by atoms with van der Waals surface area (Å²) in [5.74, 6) is -1.11. The number of aromatic carboxylic acids is 1. The van der Waals surface area contributed by atoms with Crippen LogP contribution in [0.2, 0.25) is 5.02 Å². The fourth-order valence-corrected chi connectivity index (χ4v) is 2.18. The Morgan fingerprint density at radius 1 is 1.29 bits per heavy atom. The molecule has 0 aliphatic rings. The van der Waals surface area contributed by atoms with Crippen molar-refractivity contribution >= 4 is 45.8 Å². The molecule has 0 amide bonds. The highest BCUT2D eigenvalue weighted by Crippen LogP contribution is 2.36. The summed E-state index contributed by atoms with van der Waals surface area (Å²) >= 11 is 8.02. The van der Waals surface area contributed by atoms with Gasteiger partial charge in [0.25, 0.3) is 5.69 Å². The fraction of sp³-hybridized carbons (Fsp3) is 0. The largest absolute Gasteiger partial charge is 0.478 e. The van der Waals surface area contributed by atoms with Crippen LogP contribution in [0, 0.1) is 13.7 Å². The van der Waals surface area contributed by atoms with Gasteiger partial charge in [-0.2, -0.15) is 0 Å². The van der Waals surface area contributed by atoms with Gasteiger partial charge in [0.15, 0.2) is 5.75 Å². The minimum atomic E-state index is -1.36. The van der Waals surface area contributed by atoms with Crippen LogP contribution in [0.4, 0.5) is 5.69 Å². The van der Waals surface area contributed by atoms with Crippen molar-refractivity contribution in [2.75, 3.05) is 0 Å². The zero-order valence-electron chi connectivity index (χ0n) is 10.2. The summed E-state index contributed by atoms with van der Waals surface area (Å²) in [5.41, 5.74) is -0.778. The van der Waals surface area contributed by atoms with E-state index in [2.05, 4.69) is 22.6 Å². The van der Waals surface area contributed by atoms with Crippen molar-refractivity contribution in [3.05, 3.63) is 60.7 Å². The second kappa shape index (κ2) is 6.27. The lowest BCUT2D eigenvalue weighted by Crippen LogP contribution is -2.02. The Balaban J connectivity index is 2.49. The molecule has 2 rings (SSSR count). The number of nitro benzene ring substituents is 1. The number of nitrogens with zero attached hydrogens (tertiary/aromatic N) is 1. The molecular formula is C13H7ClINO5.